The fourth-order valence-corrected chi connectivity index (χ4v) is 4.44. The minimum absolute atomic E-state index is 0.485. The van der Waals surface area contributed by atoms with Gasteiger partial charge in [0.2, 0.25) is 0 Å². The molecule has 4 aromatic rings. The molecule has 0 atom stereocenters. The number of imidazole rings is 1. The molecular formula is C22H27N5OSSi. The molecule has 0 amide bonds. The van der Waals surface area contributed by atoms with Gasteiger partial charge >= 0.3 is 0 Å². The van der Waals surface area contributed by atoms with E-state index in [2.05, 4.69) is 57.3 Å². The highest BCUT2D eigenvalue weighted by atomic mass is 32.1. The monoisotopic (exact) mass is 437 g/mol. The molecule has 0 aliphatic carbocycles. The fraction of sp³-hybridized carbons (Fsp3) is 0.318. The predicted octanol–water partition coefficient (Wildman–Crippen LogP) is 5.45. The lowest BCUT2D eigenvalue weighted by molar-refractivity contribution is 0.0867. The highest BCUT2D eigenvalue weighted by molar-refractivity contribution is 7.08. The van der Waals surface area contributed by atoms with Crippen molar-refractivity contribution in [3.05, 3.63) is 58.6 Å². The van der Waals surface area contributed by atoms with E-state index in [1.54, 1.807) is 11.3 Å². The maximum absolute atomic E-state index is 5.97. The third kappa shape index (κ3) is 4.95. The Morgan fingerprint density at radius 3 is 2.73 bits per heavy atom. The summed E-state index contributed by atoms with van der Waals surface area (Å²) in [6.07, 6.45) is 5.92. The van der Waals surface area contributed by atoms with Crippen LogP contribution in [-0.4, -0.2) is 38.8 Å². The van der Waals surface area contributed by atoms with Gasteiger partial charge in [0.1, 0.15) is 12.6 Å². The van der Waals surface area contributed by atoms with E-state index < -0.39 is 8.07 Å². The summed E-state index contributed by atoms with van der Waals surface area (Å²) in [5, 5.41) is 8.75. The van der Waals surface area contributed by atoms with E-state index in [1.165, 1.54) is 0 Å². The van der Waals surface area contributed by atoms with Crippen molar-refractivity contribution in [3.8, 4) is 11.3 Å². The number of aromatic nitrogens is 5. The molecule has 0 N–H and O–H groups in total. The number of hydrogen-bond acceptors (Lipinski definition) is 5. The summed E-state index contributed by atoms with van der Waals surface area (Å²) >= 11 is 1.67. The normalized spacial score (nSPS) is 12.4. The van der Waals surface area contributed by atoms with E-state index in [4.69, 9.17) is 9.72 Å². The van der Waals surface area contributed by atoms with Crippen molar-refractivity contribution in [2.75, 3.05) is 6.61 Å². The van der Waals surface area contributed by atoms with Crippen LogP contribution in [0.3, 0.4) is 0 Å². The minimum Gasteiger partial charge on any atom is -0.361 e. The van der Waals surface area contributed by atoms with Gasteiger partial charge in [-0.05, 0) is 48.7 Å². The lowest BCUT2D eigenvalue weighted by Crippen LogP contribution is -2.22. The van der Waals surface area contributed by atoms with E-state index in [9.17, 15) is 0 Å². The summed E-state index contributed by atoms with van der Waals surface area (Å²) in [5.74, 6) is 1.50. The molecule has 0 bridgehead atoms. The van der Waals surface area contributed by atoms with Crippen LogP contribution < -0.4 is 0 Å². The third-order valence-electron chi connectivity index (χ3n) is 4.80. The molecule has 30 heavy (non-hydrogen) atoms. The zero-order valence-corrected chi connectivity index (χ0v) is 19.7. The Morgan fingerprint density at radius 2 is 2.00 bits per heavy atom. The van der Waals surface area contributed by atoms with Crippen molar-refractivity contribution in [1.82, 2.24) is 24.1 Å². The van der Waals surface area contributed by atoms with Crippen molar-refractivity contribution in [2.45, 2.75) is 39.3 Å². The van der Waals surface area contributed by atoms with E-state index >= 15 is 0 Å². The highest BCUT2D eigenvalue weighted by Gasteiger charge is 2.13. The van der Waals surface area contributed by atoms with Gasteiger partial charge in [0.15, 0.2) is 11.5 Å². The number of fused-ring (bicyclic) bond motifs is 1. The fourth-order valence-electron chi connectivity index (χ4n) is 3.03. The SMILES string of the molecule is Cc1cccc2nc(C=Cc3nc(-c4ccsc4)cn3COCC[Si](C)(C)C)nn12. The lowest BCUT2D eigenvalue weighted by atomic mass is 10.3. The largest absolute Gasteiger partial charge is 0.361 e. The second kappa shape index (κ2) is 8.67. The Hall–Kier alpha value is -2.55. The van der Waals surface area contributed by atoms with Crippen LogP contribution >= 0.6 is 11.3 Å². The molecule has 4 heterocycles. The van der Waals surface area contributed by atoms with Crippen LogP contribution in [-0.2, 0) is 11.5 Å². The summed E-state index contributed by atoms with van der Waals surface area (Å²) in [6.45, 7) is 10.4. The Morgan fingerprint density at radius 1 is 1.13 bits per heavy atom. The number of aryl methyl sites for hydroxylation is 1. The van der Waals surface area contributed by atoms with Crippen LogP contribution in [0, 0.1) is 6.92 Å². The molecule has 0 aliphatic rings. The summed E-state index contributed by atoms with van der Waals surface area (Å²) < 4.78 is 9.87. The van der Waals surface area contributed by atoms with Crippen LogP contribution in [0.2, 0.25) is 25.7 Å². The molecule has 156 valence electrons. The van der Waals surface area contributed by atoms with E-state index in [-0.39, 0.29) is 0 Å². The number of nitrogens with zero attached hydrogens (tertiary/aromatic N) is 5. The predicted molar refractivity (Wildman–Crippen MR) is 126 cm³/mol. The van der Waals surface area contributed by atoms with Crippen LogP contribution in [0.15, 0.2) is 41.2 Å². The van der Waals surface area contributed by atoms with Crippen LogP contribution in [0.25, 0.3) is 29.1 Å². The summed E-state index contributed by atoms with van der Waals surface area (Å²) in [5.41, 5.74) is 3.96. The molecule has 6 nitrogen and oxygen atoms in total. The van der Waals surface area contributed by atoms with Crippen LogP contribution in [0.4, 0.5) is 0 Å². The Bertz CT molecular complexity index is 1150. The molecule has 4 rings (SSSR count). The van der Waals surface area contributed by atoms with Crippen LogP contribution in [0.1, 0.15) is 17.3 Å². The zero-order chi connectivity index (χ0) is 21.1. The van der Waals surface area contributed by atoms with Gasteiger partial charge in [0, 0.05) is 37.5 Å². The molecule has 0 fully saturated rings. The number of pyridine rings is 1. The zero-order valence-electron chi connectivity index (χ0n) is 17.9. The Balaban J connectivity index is 1.56. The average Bonchev–Trinajstić information content (AvgIpc) is 3.42. The molecular weight excluding hydrogens is 410 g/mol. The van der Waals surface area contributed by atoms with Crippen molar-refractivity contribution in [2.24, 2.45) is 0 Å². The van der Waals surface area contributed by atoms with Crippen molar-refractivity contribution in [1.29, 1.82) is 0 Å². The van der Waals surface area contributed by atoms with Gasteiger partial charge in [-0.25, -0.2) is 14.5 Å². The van der Waals surface area contributed by atoms with Gasteiger partial charge in [0.25, 0.3) is 0 Å². The molecule has 0 saturated carbocycles. The molecule has 4 aromatic heterocycles. The number of rotatable bonds is 8. The average molecular weight is 438 g/mol. The molecule has 8 heteroatoms. The van der Waals surface area contributed by atoms with Gasteiger partial charge in [-0.15, -0.1) is 5.10 Å². The maximum Gasteiger partial charge on any atom is 0.175 e. The number of hydrogen-bond donors (Lipinski definition) is 0. The van der Waals surface area contributed by atoms with E-state index in [0.29, 0.717) is 12.6 Å². The first-order valence-corrected chi connectivity index (χ1v) is 14.7. The van der Waals surface area contributed by atoms with Crippen molar-refractivity contribution < 1.29 is 4.74 Å². The summed E-state index contributed by atoms with van der Waals surface area (Å²) in [6, 6.07) is 9.20. The third-order valence-corrected chi connectivity index (χ3v) is 7.19. The van der Waals surface area contributed by atoms with Gasteiger partial charge in [-0.2, -0.15) is 11.3 Å². The van der Waals surface area contributed by atoms with Gasteiger partial charge < -0.3 is 9.30 Å². The molecule has 0 radical (unpaired) electrons. The van der Waals surface area contributed by atoms with Gasteiger partial charge in [-0.1, -0.05) is 25.7 Å². The maximum atomic E-state index is 5.97. The molecule has 0 spiro atoms. The first-order chi connectivity index (χ1) is 14.4. The molecule has 0 aliphatic heterocycles. The second-order valence-electron chi connectivity index (χ2n) is 8.55. The highest BCUT2D eigenvalue weighted by Crippen LogP contribution is 2.22. The standard InChI is InChI=1S/C22H27N5OSSi/c1-17-6-5-7-22-24-20(25-27(17)22)8-9-21-23-19(18-10-12-29-15-18)14-26(21)16-28-11-13-30(2,3)4/h5-10,12,14-15H,11,13,16H2,1-4H3. The number of ether oxygens (including phenoxy) is 1. The molecule has 0 aromatic carbocycles. The first-order valence-electron chi connectivity index (χ1n) is 10.1. The van der Waals surface area contributed by atoms with Gasteiger partial charge in [0.05, 0.1) is 5.69 Å². The summed E-state index contributed by atoms with van der Waals surface area (Å²) in [4.78, 5) is 9.40. The molecule has 0 saturated heterocycles. The molecule has 0 unspecified atom stereocenters. The van der Waals surface area contributed by atoms with E-state index in [1.807, 2.05) is 41.8 Å². The topological polar surface area (TPSA) is 57.2 Å². The first kappa shape index (κ1) is 20.7. The smallest absolute Gasteiger partial charge is 0.175 e. The lowest BCUT2D eigenvalue weighted by Gasteiger charge is -2.15. The van der Waals surface area contributed by atoms with Crippen LogP contribution in [0.5, 0.6) is 0 Å². The number of thiophene rings is 1. The van der Waals surface area contributed by atoms with E-state index in [0.717, 1.165) is 41.1 Å². The second-order valence-corrected chi connectivity index (χ2v) is 15.0. The van der Waals surface area contributed by atoms with Crippen molar-refractivity contribution >= 4 is 37.2 Å². The van der Waals surface area contributed by atoms with Crippen molar-refractivity contribution in [3.63, 3.8) is 0 Å². The minimum atomic E-state index is -1.11. The summed E-state index contributed by atoms with van der Waals surface area (Å²) in [7, 11) is -1.11. The van der Waals surface area contributed by atoms with Gasteiger partial charge in [-0.3, -0.25) is 0 Å². The Labute approximate surface area is 181 Å². The quantitative estimate of drug-likeness (QED) is 0.272. The Kier molecular flexibility index (Phi) is 5.98.